The summed E-state index contributed by atoms with van der Waals surface area (Å²) in [4.78, 5) is 0. The van der Waals surface area contributed by atoms with Gasteiger partial charge in [0.05, 0.1) is 12.2 Å². The summed E-state index contributed by atoms with van der Waals surface area (Å²) in [6, 6.07) is 3.40. The van der Waals surface area contributed by atoms with Crippen molar-refractivity contribution < 1.29 is 13.9 Å². The van der Waals surface area contributed by atoms with E-state index in [-0.39, 0.29) is 17.5 Å². The molecule has 0 saturated heterocycles. The number of ether oxygens (including phenoxy) is 2. The zero-order valence-corrected chi connectivity index (χ0v) is 14.0. The fourth-order valence-corrected chi connectivity index (χ4v) is 2.06. The van der Waals surface area contributed by atoms with Crippen molar-refractivity contribution in [2.75, 3.05) is 20.3 Å². The second-order valence-electron chi connectivity index (χ2n) is 5.98. The van der Waals surface area contributed by atoms with Crippen LogP contribution >= 0.6 is 0 Å². The molecule has 0 spiro atoms. The van der Waals surface area contributed by atoms with E-state index < -0.39 is 0 Å². The Morgan fingerprint density at radius 2 is 2.00 bits per heavy atom. The fourth-order valence-electron chi connectivity index (χ4n) is 2.06. The van der Waals surface area contributed by atoms with Crippen molar-refractivity contribution in [3.8, 4) is 5.75 Å². The van der Waals surface area contributed by atoms with Crippen molar-refractivity contribution in [1.82, 2.24) is 5.32 Å². The van der Waals surface area contributed by atoms with Gasteiger partial charge in [-0.2, -0.15) is 0 Å². The summed E-state index contributed by atoms with van der Waals surface area (Å²) in [6.45, 7) is 11.2. The minimum absolute atomic E-state index is 0.0514. The third kappa shape index (κ3) is 5.29. The fraction of sp³-hybridized carbons (Fsp3) is 0.647. The summed E-state index contributed by atoms with van der Waals surface area (Å²) < 4.78 is 25.1. The molecular weight excluding hydrogens is 269 g/mol. The van der Waals surface area contributed by atoms with E-state index in [9.17, 15) is 4.39 Å². The van der Waals surface area contributed by atoms with Gasteiger partial charge in [0.1, 0.15) is 11.6 Å². The van der Waals surface area contributed by atoms with Gasteiger partial charge in [-0.15, -0.1) is 0 Å². The van der Waals surface area contributed by atoms with Crippen molar-refractivity contribution in [1.29, 1.82) is 0 Å². The molecule has 1 rings (SSSR count). The number of nitrogens with one attached hydrogen (secondary N) is 1. The van der Waals surface area contributed by atoms with E-state index in [0.717, 1.165) is 24.3 Å². The van der Waals surface area contributed by atoms with Gasteiger partial charge in [0, 0.05) is 25.1 Å². The second-order valence-corrected chi connectivity index (χ2v) is 5.98. The molecule has 1 aromatic rings. The van der Waals surface area contributed by atoms with Crippen LogP contribution in [0.1, 0.15) is 51.3 Å². The highest BCUT2D eigenvalue weighted by Gasteiger charge is 2.18. The number of hydrogen-bond acceptors (Lipinski definition) is 3. The van der Waals surface area contributed by atoms with E-state index in [1.807, 2.05) is 27.7 Å². The molecule has 1 unspecified atom stereocenters. The van der Waals surface area contributed by atoms with Crippen molar-refractivity contribution in [2.45, 2.75) is 52.7 Å². The van der Waals surface area contributed by atoms with Gasteiger partial charge in [0.25, 0.3) is 0 Å². The van der Waals surface area contributed by atoms with Crippen LogP contribution in [0.5, 0.6) is 5.75 Å². The van der Waals surface area contributed by atoms with Crippen molar-refractivity contribution in [2.24, 2.45) is 0 Å². The molecule has 0 fully saturated rings. The van der Waals surface area contributed by atoms with Crippen LogP contribution in [0, 0.1) is 12.7 Å². The largest absolute Gasteiger partial charge is 0.493 e. The smallest absolute Gasteiger partial charge is 0.126 e. The highest BCUT2D eigenvalue weighted by Crippen LogP contribution is 2.29. The van der Waals surface area contributed by atoms with Gasteiger partial charge >= 0.3 is 0 Å². The van der Waals surface area contributed by atoms with Gasteiger partial charge in [0.15, 0.2) is 0 Å². The zero-order valence-electron chi connectivity index (χ0n) is 14.0. The Labute approximate surface area is 127 Å². The predicted molar refractivity (Wildman–Crippen MR) is 84.4 cm³/mol. The summed E-state index contributed by atoms with van der Waals surface area (Å²) in [7, 11) is 1.70. The van der Waals surface area contributed by atoms with E-state index in [2.05, 4.69) is 5.32 Å². The molecule has 0 aliphatic heterocycles. The summed E-state index contributed by atoms with van der Waals surface area (Å²) in [5.74, 6) is 0.550. The van der Waals surface area contributed by atoms with Crippen LogP contribution in [-0.2, 0) is 4.74 Å². The van der Waals surface area contributed by atoms with Gasteiger partial charge in [-0.1, -0.05) is 6.92 Å². The van der Waals surface area contributed by atoms with Crippen LogP contribution in [0.4, 0.5) is 4.39 Å². The summed E-state index contributed by atoms with van der Waals surface area (Å²) >= 11 is 0. The van der Waals surface area contributed by atoms with Gasteiger partial charge in [-0.05, 0) is 51.9 Å². The van der Waals surface area contributed by atoms with Crippen LogP contribution in [-0.4, -0.2) is 25.9 Å². The molecule has 0 aliphatic rings. The standard InChI is InChI=1S/C17H28FNO2/c1-7-19-13(3)14-11-15(18)12(2)10-16(14)21-9-8-17(4,5)20-6/h10-11,13,19H,7-9H2,1-6H3. The Kier molecular flexibility index (Phi) is 6.62. The third-order valence-electron chi connectivity index (χ3n) is 3.78. The van der Waals surface area contributed by atoms with E-state index in [1.54, 1.807) is 26.2 Å². The van der Waals surface area contributed by atoms with E-state index in [4.69, 9.17) is 9.47 Å². The Hall–Kier alpha value is -1.13. The second kappa shape index (κ2) is 7.76. The van der Waals surface area contributed by atoms with Gasteiger partial charge in [0.2, 0.25) is 0 Å². The molecule has 4 heteroatoms. The molecule has 21 heavy (non-hydrogen) atoms. The first-order valence-corrected chi connectivity index (χ1v) is 7.52. The molecule has 0 radical (unpaired) electrons. The van der Waals surface area contributed by atoms with Crippen molar-refractivity contribution >= 4 is 0 Å². The number of halogens is 1. The van der Waals surface area contributed by atoms with Crippen LogP contribution in [0.2, 0.25) is 0 Å². The maximum atomic E-state index is 13.8. The van der Waals surface area contributed by atoms with Gasteiger partial charge in [-0.3, -0.25) is 0 Å². The number of methoxy groups -OCH3 is 1. The molecule has 1 atom stereocenters. The SMILES string of the molecule is CCNC(C)c1cc(F)c(C)cc1OCCC(C)(C)OC. The first-order valence-electron chi connectivity index (χ1n) is 7.52. The first-order chi connectivity index (χ1) is 9.80. The van der Waals surface area contributed by atoms with Crippen LogP contribution in [0.15, 0.2) is 12.1 Å². The number of aryl methyl sites for hydroxylation is 1. The molecule has 0 aromatic heterocycles. The number of benzene rings is 1. The summed E-state index contributed by atoms with van der Waals surface area (Å²) in [5, 5.41) is 3.30. The molecule has 1 aromatic carbocycles. The molecular formula is C17H28FNO2. The molecule has 120 valence electrons. The normalized spacial score (nSPS) is 13.3. The van der Waals surface area contributed by atoms with Gasteiger partial charge < -0.3 is 14.8 Å². The Balaban J connectivity index is 2.86. The average Bonchev–Trinajstić information content (AvgIpc) is 2.42. The highest BCUT2D eigenvalue weighted by molar-refractivity contribution is 5.40. The minimum atomic E-state index is -0.220. The minimum Gasteiger partial charge on any atom is -0.493 e. The van der Waals surface area contributed by atoms with E-state index >= 15 is 0 Å². The average molecular weight is 297 g/mol. The maximum Gasteiger partial charge on any atom is 0.126 e. The lowest BCUT2D eigenvalue weighted by Gasteiger charge is -2.24. The van der Waals surface area contributed by atoms with Crippen LogP contribution < -0.4 is 10.1 Å². The topological polar surface area (TPSA) is 30.5 Å². The van der Waals surface area contributed by atoms with Crippen molar-refractivity contribution in [3.05, 3.63) is 29.1 Å². The lowest BCUT2D eigenvalue weighted by molar-refractivity contribution is 0.00533. The molecule has 0 saturated carbocycles. The molecule has 1 N–H and O–H groups in total. The Morgan fingerprint density at radius 1 is 1.33 bits per heavy atom. The predicted octanol–water partition coefficient (Wildman–Crippen LogP) is 4.00. The quantitative estimate of drug-likeness (QED) is 0.787. The lowest BCUT2D eigenvalue weighted by atomic mass is 10.0. The number of rotatable bonds is 8. The van der Waals surface area contributed by atoms with Crippen molar-refractivity contribution in [3.63, 3.8) is 0 Å². The molecule has 0 amide bonds. The van der Waals surface area contributed by atoms with Gasteiger partial charge in [-0.25, -0.2) is 4.39 Å². The number of hydrogen-bond donors (Lipinski definition) is 1. The third-order valence-corrected chi connectivity index (χ3v) is 3.78. The van der Waals surface area contributed by atoms with E-state index in [1.165, 1.54) is 0 Å². The molecule has 0 aliphatic carbocycles. The van der Waals surface area contributed by atoms with E-state index in [0.29, 0.717) is 12.2 Å². The zero-order chi connectivity index (χ0) is 16.0. The van der Waals surface area contributed by atoms with Crippen LogP contribution in [0.3, 0.4) is 0 Å². The molecule has 0 bridgehead atoms. The first kappa shape index (κ1) is 17.9. The lowest BCUT2D eigenvalue weighted by Crippen LogP contribution is -2.25. The molecule has 0 heterocycles. The monoisotopic (exact) mass is 297 g/mol. The Bertz CT molecular complexity index is 460. The summed E-state index contributed by atoms with van der Waals surface area (Å²) in [5.41, 5.74) is 1.24. The molecule has 3 nitrogen and oxygen atoms in total. The summed E-state index contributed by atoms with van der Waals surface area (Å²) in [6.07, 6.45) is 0.773. The maximum absolute atomic E-state index is 13.8. The Morgan fingerprint density at radius 3 is 2.57 bits per heavy atom. The highest BCUT2D eigenvalue weighted by atomic mass is 19.1. The van der Waals surface area contributed by atoms with Crippen LogP contribution in [0.25, 0.3) is 0 Å².